The van der Waals surface area contributed by atoms with Crippen molar-refractivity contribution >= 4 is 28.5 Å². The molecule has 0 saturated carbocycles. The number of anilines is 1. The first-order chi connectivity index (χ1) is 9.24. The zero-order chi connectivity index (χ0) is 13.2. The first-order valence-electron chi connectivity index (χ1n) is 5.30. The summed E-state index contributed by atoms with van der Waals surface area (Å²) in [7, 11) is 0. The Morgan fingerprint density at radius 2 is 2.16 bits per heavy atom. The van der Waals surface area contributed by atoms with Crippen molar-refractivity contribution in [3.05, 3.63) is 36.3 Å². The van der Waals surface area contributed by atoms with Crippen LogP contribution in [0.3, 0.4) is 0 Å². The van der Waals surface area contributed by atoms with E-state index in [1.807, 2.05) is 6.07 Å². The molecule has 0 fully saturated rings. The number of oxazole rings is 1. The van der Waals surface area contributed by atoms with Crippen LogP contribution in [0.15, 0.2) is 45.3 Å². The van der Waals surface area contributed by atoms with Gasteiger partial charge in [-0.1, -0.05) is 0 Å². The third kappa shape index (κ3) is 2.34. The van der Waals surface area contributed by atoms with Crippen molar-refractivity contribution in [2.75, 3.05) is 5.73 Å². The Kier molecular flexibility index (Phi) is 2.78. The van der Waals surface area contributed by atoms with Gasteiger partial charge in [-0.25, -0.2) is 15.0 Å². The van der Waals surface area contributed by atoms with Crippen LogP contribution in [0.2, 0.25) is 0 Å². The lowest BCUT2D eigenvalue weighted by atomic mass is 10.3. The van der Waals surface area contributed by atoms with Gasteiger partial charge in [-0.05, 0) is 30.0 Å². The van der Waals surface area contributed by atoms with E-state index in [-0.39, 0.29) is 5.69 Å². The Balaban J connectivity index is 1.90. The second-order valence-corrected chi connectivity index (χ2v) is 4.63. The average molecular weight is 269 g/mol. The first kappa shape index (κ1) is 11.5. The molecule has 0 atom stereocenters. The van der Waals surface area contributed by atoms with Crippen LogP contribution in [0, 0.1) is 11.3 Å². The summed E-state index contributed by atoms with van der Waals surface area (Å²) in [5, 5.41) is 9.71. The molecule has 6 nitrogen and oxygen atoms in total. The Bertz CT molecular complexity index is 775. The normalized spacial score (nSPS) is 10.5. The van der Waals surface area contributed by atoms with E-state index in [2.05, 4.69) is 15.0 Å². The molecule has 7 heteroatoms. The van der Waals surface area contributed by atoms with Crippen molar-refractivity contribution in [1.82, 2.24) is 15.0 Å². The number of benzene rings is 1. The van der Waals surface area contributed by atoms with E-state index in [4.69, 9.17) is 15.4 Å². The molecule has 1 aromatic carbocycles. The molecule has 3 rings (SSSR count). The van der Waals surface area contributed by atoms with Crippen molar-refractivity contribution in [3.63, 3.8) is 0 Å². The Morgan fingerprint density at radius 1 is 1.26 bits per heavy atom. The number of hydrogen-bond donors (Lipinski definition) is 1. The molecule has 0 saturated heterocycles. The lowest BCUT2D eigenvalue weighted by Crippen LogP contribution is -1.86. The van der Waals surface area contributed by atoms with Crippen LogP contribution in [0.4, 0.5) is 5.69 Å². The van der Waals surface area contributed by atoms with Crippen LogP contribution in [0.25, 0.3) is 11.1 Å². The predicted molar refractivity (Wildman–Crippen MR) is 69.3 cm³/mol. The number of nitrogens with two attached hydrogens (primary N) is 1. The second kappa shape index (κ2) is 4.59. The summed E-state index contributed by atoms with van der Waals surface area (Å²) in [6, 6.07) is 7.18. The second-order valence-electron chi connectivity index (χ2n) is 3.66. The SMILES string of the molecule is N#Cc1cnc(Sc2nc3cc(N)ccc3o2)cn1. The van der Waals surface area contributed by atoms with Crippen molar-refractivity contribution in [2.24, 2.45) is 0 Å². The Morgan fingerprint density at radius 3 is 2.89 bits per heavy atom. The lowest BCUT2D eigenvalue weighted by Gasteiger charge is -1.94. The molecule has 19 heavy (non-hydrogen) atoms. The molecule has 0 amide bonds. The van der Waals surface area contributed by atoms with E-state index in [1.165, 1.54) is 24.2 Å². The highest BCUT2D eigenvalue weighted by molar-refractivity contribution is 7.99. The maximum absolute atomic E-state index is 8.64. The number of fused-ring (bicyclic) bond motifs is 1. The number of rotatable bonds is 2. The lowest BCUT2D eigenvalue weighted by molar-refractivity contribution is 0.489. The molecule has 2 aromatic heterocycles. The van der Waals surface area contributed by atoms with Gasteiger partial charge in [0.05, 0.1) is 12.4 Å². The quantitative estimate of drug-likeness (QED) is 0.711. The van der Waals surface area contributed by atoms with Crippen molar-refractivity contribution < 1.29 is 4.42 Å². The molecule has 0 unspecified atom stereocenters. The number of aromatic nitrogens is 3. The maximum atomic E-state index is 8.64. The molecule has 0 aliphatic heterocycles. The summed E-state index contributed by atoms with van der Waals surface area (Å²) >= 11 is 1.24. The molecule has 2 N–H and O–H groups in total. The third-order valence-corrected chi connectivity index (χ3v) is 3.10. The van der Waals surface area contributed by atoms with Crippen LogP contribution >= 0.6 is 11.8 Å². The van der Waals surface area contributed by atoms with Gasteiger partial charge in [0.1, 0.15) is 16.6 Å². The van der Waals surface area contributed by atoms with Crippen molar-refractivity contribution in [1.29, 1.82) is 5.26 Å². The summed E-state index contributed by atoms with van der Waals surface area (Å²) < 4.78 is 5.55. The number of nitrogens with zero attached hydrogens (tertiary/aromatic N) is 4. The van der Waals surface area contributed by atoms with Gasteiger partial charge in [0.15, 0.2) is 11.3 Å². The topological polar surface area (TPSA) is 102 Å². The zero-order valence-corrected chi connectivity index (χ0v) is 10.4. The fourth-order valence-electron chi connectivity index (χ4n) is 1.48. The van der Waals surface area contributed by atoms with Crippen LogP contribution in [-0.2, 0) is 0 Å². The summed E-state index contributed by atoms with van der Waals surface area (Å²) in [5.74, 6) is 0. The minimum Gasteiger partial charge on any atom is -0.431 e. The predicted octanol–water partition coefficient (Wildman–Crippen LogP) is 2.22. The highest BCUT2D eigenvalue weighted by Crippen LogP contribution is 2.28. The fraction of sp³-hybridized carbons (Fsp3) is 0. The largest absolute Gasteiger partial charge is 0.431 e. The molecular formula is C12H7N5OS. The standard InChI is InChI=1S/C12H7N5OS/c13-4-8-5-16-11(6-15-8)19-12-17-9-3-7(14)1-2-10(9)18-12/h1-3,5-6H,14H2. The van der Waals surface area contributed by atoms with Crippen LogP contribution < -0.4 is 5.73 Å². The summed E-state index contributed by atoms with van der Waals surface area (Å²) in [6.07, 6.45) is 2.91. The highest BCUT2D eigenvalue weighted by atomic mass is 32.2. The number of nitrogen functional groups attached to an aromatic ring is 1. The van der Waals surface area contributed by atoms with Crippen LogP contribution in [0.1, 0.15) is 5.69 Å². The van der Waals surface area contributed by atoms with E-state index in [0.29, 0.717) is 27.0 Å². The van der Waals surface area contributed by atoms with Gasteiger partial charge in [0, 0.05) is 5.69 Å². The van der Waals surface area contributed by atoms with E-state index >= 15 is 0 Å². The van der Waals surface area contributed by atoms with Gasteiger partial charge < -0.3 is 10.2 Å². The van der Waals surface area contributed by atoms with Gasteiger partial charge in [-0.15, -0.1) is 0 Å². The minimum atomic E-state index is 0.273. The first-order valence-corrected chi connectivity index (χ1v) is 6.12. The Hall–Kier alpha value is -2.59. The summed E-state index contributed by atoms with van der Waals surface area (Å²) in [6.45, 7) is 0. The molecule has 3 aromatic rings. The molecule has 0 radical (unpaired) electrons. The van der Waals surface area contributed by atoms with Gasteiger partial charge in [-0.3, -0.25) is 0 Å². The summed E-state index contributed by atoms with van der Waals surface area (Å²) in [4.78, 5) is 12.3. The van der Waals surface area contributed by atoms with E-state index in [9.17, 15) is 0 Å². The smallest absolute Gasteiger partial charge is 0.263 e. The van der Waals surface area contributed by atoms with Crippen LogP contribution in [0.5, 0.6) is 0 Å². The van der Waals surface area contributed by atoms with Gasteiger partial charge >= 0.3 is 0 Å². The molecule has 0 aliphatic carbocycles. The molecule has 92 valence electrons. The molecule has 2 heterocycles. The third-order valence-electron chi connectivity index (χ3n) is 2.33. The minimum absolute atomic E-state index is 0.273. The van der Waals surface area contributed by atoms with Crippen molar-refractivity contribution in [2.45, 2.75) is 10.2 Å². The van der Waals surface area contributed by atoms with Crippen LogP contribution in [-0.4, -0.2) is 15.0 Å². The maximum Gasteiger partial charge on any atom is 0.263 e. The van der Waals surface area contributed by atoms with E-state index < -0.39 is 0 Å². The molecular weight excluding hydrogens is 262 g/mol. The van der Waals surface area contributed by atoms with E-state index in [1.54, 1.807) is 18.2 Å². The fourth-order valence-corrected chi connectivity index (χ4v) is 2.15. The average Bonchev–Trinajstić information content (AvgIpc) is 2.81. The highest BCUT2D eigenvalue weighted by Gasteiger charge is 2.09. The number of nitriles is 1. The molecule has 0 bridgehead atoms. The monoisotopic (exact) mass is 269 g/mol. The molecule has 0 aliphatic rings. The number of hydrogen-bond acceptors (Lipinski definition) is 7. The Labute approximate surface area is 112 Å². The molecule has 0 spiro atoms. The zero-order valence-electron chi connectivity index (χ0n) is 9.57. The van der Waals surface area contributed by atoms with E-state index in [0.717, 1.165) is 0 Å². The van der Waals surface area contributed by atoms with Gasteiger partial charge in [-0.2, -0.15) is 5.26 Å². The van der Waals surface area contributed by atoms with Gasteiger partial charge in [0.2, 0.25) is 0 Å². The summed E-state index contributed by atoms with van der Waals surface area (Å²) in [5.41, 5.74) is 7.95. The van der Waals surface area contributed by atoms with Crippen molar-refractivity contribution in [3.8, 4) is 6.07 Å². The van der Waals surface area contributed by atoms with Gasteiger partial charge in [0.25, 0.3) is 5.22 Å².